The molecule has 0 radical (unpaired) electrons. The van der Waals surface area contributed by atoms with Crippen LogP contribution < -0.4 is 16.6 Å². The molecule has 0 bridgehead atoms. The van der Waals surface area contributed by atoms with Gasteiger partial charge in [0.1, 0.15) is 5.56 Å². The summed E-state index contributed by atoms with van der Waals surface area (Å²) in [6.07, 6.45) is 1.46. The van der Waals surface area contributed by atoms with E-state index in [4.69, 9.17) is 5.73 Å². The Morgan fingerprint density at radius 2 is 2.07 bits per heavy atom. The molecule has 0 saturated carbocycles. The van der Waals surface area contributed by atoms with E-state index < -0.39 is 0 Å². The maximum absolute atomic E-state index is 13.0. The minimum Gasteiger partial charge on any atom is -0.355 e. The summed E-state index contributed by atoms with van der Waals surface area (Å²) in [7, 11) is 0. The van der Waals surface area contributed by atoms with Gasteiger partial charge in [-0.1, -0.05) is 18.2 Å². The number of hydrogen-bond donors (Lipinski definition) is 3. The fourth-order valence-electron chi connectivity index (χ4n) is 3.54. The molecular weight excluding hydrogens is 368 g/mol. The van der Waals surface area contributed by atoms with Crippen LogP contribution in [0.3, 0.4) is 0 Å². The van der Waals surface area contributed by atoms with Crippen molar-refractivity contribution < 1.29 is 9.59 Å². The number of amides is 2. The third-order valence-corrected chi connectivity index (χ3v) is 4.92. The summed E-state index contributed by atoms with van der Waals surface area (Å²) in [5.41, 5.74) is 6.57. The van der Waals surface area contributed by atoms with Gasteiger partial charge in [0.2, 0.25) is 5.91 Å². The van der Waals surface area contributed by atoms with Gasteiger partial charge in [-0.15, -0.1) is 12.4 Å². The number of fused-ring (bicyclic) bond motifs is 1. The number of carbonyl (C=O) groups is 2. The predicted molar refractivity (Wildman–Crippen MR) is 107 cm³/mol. The van der Waals surface area contributed by atoms with Crippen LogP contribution in [0, 0.1) is 12.8 Å². The van der Waals surface area contributed by atoms with Gasteiger partial charge in [0.15, 0.2) is 0 Å². The van der Waals surface area contributed by atoms with Gasteiger partial charge in [-0.25, -0.2) is 0 Å². The molecule has 2 aromatic rings. The number of rotatable bonds is 4. The average Bonchev–Trinajstić information content (AvgIpc) is 2.66. The Bertz CT molecular complexity index is 896. The summed E-state index contributed by atoms with van der Waals surface area (Å²) in [6, 6.07) is 7.42. The first-order valence-electron chi connectivity index (χ1n) is 8.91. The largest absolute Gasteiger partial charge is 0.355 e. The normalized spacial score (nSPS) is 16.7. The highest BCUT2D eigenvalue weighted by Gasteiger charge is 2.30. The Morgan fingerprint density at radius 1 is 1.33 bits per heavy atom. The van der Waals surface area contributed by atoms with Crippen LogP contribution in [0.5, 0.6) is 0 Å². The Balaban J connectivity index is 0.00000261. The van der Waals surface area contributed by atoms with Crippen LogP contribution in [0.15, 0.2) is 29.1 Å². The van der Waals surface area contributed by atoms with E-state index in [0.717, 1.165) is 18.2 Å². The van der Waals surface area contributed by atoms with Crippen molar-refractivity contribution in [3.63, 3.8) is 0 Å². The van der Waals surface area contributed by atoms with Crippen molar-refractivity contribution in [2.75, 3.05) is 26.2 Å². The highest BCUT2D eigenvalue weighted by molar-refractivity contribution is 6.00. The molecule has 2 amide bonds. The maximum atomic E-state index is 13.0. The van der Waals surface area contributed by atoms with Crippen molar-refractivity contribution >= 4 is 35.1 Å². The van der Waals surface area contributed by atoms with Gasteiger partial charge in [-0.05, 0) is 31.4 Å². The van der Waals surface area contributed by atoms with Gasteiger partial charge in [0.05, 0.1) is 5.92 Å². The lowest BCUT2D eigenvalue weighted by atomic mass is 9.95. The zero-order valence-electron chi connectivity index (χ0n) is 15.3. The van der Waals surface area contributed by atoms with E-state index in [1.165, 1.54) is 0 Å². The molecular formula is C19H25ClN4O3. The molecule has 4 N–H and O–H groups in total. The number of benzene rings is 1. The zero-order valence-corrected chi connectivity index (χ0v) is 16.1. The van der Waals surface area contributed by atoms with Gasteiger partial charge >= 0.3 is 0 Å². The van der Waals surface area contributed by atoms with Crippen molar-refractivity contribution in [1.82, 2.24) is 15.2 Å². The molecule has 2 heterocycles. The Labute approximate surface area is 163 Å². The molecule has 1 saturated heterocycles. The number of nitrogens with zero attached hydrogens (tertiary/aromatic N) is 1. The lowest BCUT2D eigenvalue weighted by molar-refractivity contribution is -0.126. The minimum atomic E-state index is -0.388. The number of likely N-dealkylation sites (tertiary alicyclic amines) is 1. The van der Waals surface area contributed by atoms with Crippen LogP contribution in [0.2, 0.25) is 0 Å². The Kier molecular flexibility index (Phi) is 6.98. The summed E-state index contributed by atoms with van der Waals surface area (Å²) in [5, 5.41) is 3.63. The second kappa shape index (κ2) is 9.01. The first kappa shape index (κ1) is 20.9. The molecule has 1 aromatic heterocycles. The number of halogens is 1. The molecule has 1 aromatic carbocycles. The fourth-order valence-corrected chi connectivity index (χ4v) is 3.54. The summed E-state index contributed by atoms with van der Waals surface area (Å²) >= 11 is 0. The fraction of sp³-hybridized carbons (Fsp3) is 0.421. The van der Waals surface area contributed by atoms with Crippen molar-refractivity contribution in [2.45, 2.75) is 19.8 Å². The van der Waals surface area contributed by atoms with Crippen LogP contribution in [0.25, 0.3) is 10.9 Å². The van der Waals surface area contributed by atoms with E-state index in [1.807, 2.05) is 24.3 Å². The number of para-hydroxylation sites is 1. The third kappa shape index (κ3) is 4.31. The number of piperidine rings is 1. The lowest BCUT2D eigenvalue weighted by Gasteiger charge is -2.32. The monoisotopic (exact) mass is 392 g/mol. The van der Waals surface area contributed by atoms with Crippen LogP contribution in [0.4, 0.5) is 0 Å². The second-order valence-corrected chi connectivity index (χ2v) is 6.67. The van der Waals surface area contributed by atoms with Crippen LogP contribution in [0.1, 0.15) is 28.8 Å². The van der Waals surface area contributed by atoms with Gasteiger partial charge in [-0.2, -0.15) is 0 Å². The molecule has 27 heavy (non-hydrogen) atoms. The number of H-pyrrole nitrogens is 1. The third-order valence-electron chi connectivity index (χ3n) is 4.92. The van der Waals surface area contributed by atoms with Gasteiger partial charge < -0.3 is 20.9 Å². The minimum absolute atomic E-state index is 0. The smallest absolute Gasteiger partial charge is 0.261 e. The van der Waals surface area contributed by atoms with E-state index in [-0.39, 0.29) is 41.3 Å². The highest BCUT2D eigenvalue weighted by Crippen LogP contribution is 2.22. The molecule has 8 heteroatoms. The Morgan fingerprint density at radius 3 is 2.81 bits per heavy atom. The van der Waals surface area contributed by atoms with E-state index in [0.29, 0.717) is 37.3 Å². The molecule has 1 atom stereocenters. The maximum Gasteiger partial charge on any atom is 0.261 e. The lowest BCUT2D eigenvalue weighted by Crippen LogP contribution is -2.47. The standard InChI is InChI=1S/C19H24N4O3.ClH/c1-12-14-6-2-3-7-15(14)22-18(25)16(12)19(26)23-10-4-5-13(11-23)17(24)21-9-8-20;/h2-3,6-7,13H,4-5,8-11,20H2,1H3,(H,21,24)(H,22,25);1H. The Hall–Kier alpha value is -2.38. The number of nitrogens with one attached hydrogen (secondary N) is 2. The molecule has 0 aliphatic carbocycles. The predicted octanol–water partition coefficient (Wildman–Crippen LogP) is 1.19. The van der Waals surface area contributed by atoms with E-state index in [9.17, 15) is 14.4 Å². The van der Waals surface area contributed by atoms with E-state index in [2.05, 4.69) is 10.3 Å². The topological polar surface area (TPSA) is 108 Å². The summed E-state index contributed by atoms with van der Waals surface area (Å²) < 4.78 is 0. The highest BCUT2D eigenvalue weighted by atomic mass is 35.5. The second-order valence-electron chi connectivity index (χ2n) is 6.67. The SMILES string of the molecule is Cc1c(C(=O)N2CCCC(C(=O)NCCN)C2)c(=O)[nH]c2ccccc12.Cl. The summed E-state index contributed by atoms with van der Waals surface area (Å²) in [6.45, 7) is 3.46. The number of carbonyl (C=O) groups excluding carboxylic acids is 2. The molecule has 1 aliphatic heterocycles. The molecule has 3 rings (SSSR count). The first-order valence-corrected chi connectivity index (χ1v) is 8.91. The van der Waals surface area contributed by atoms with Gasteiger partial charge in [-0.3, -0.25) is 14.4 Å². The number of aromatic nitrogens is 1. The van der Waals surface area contributed by atoms with Crippen molar-refractivity contribution in [3.8, 4) is 0 Å². The van der Waals surface area contributed by atoms with Gasteiger partial charge in [0, 0.05) is 37.1 Å². The molecule has 7 nitrogen and oxygen atoms in total. The summed E-state index contributed by atoms with van der Waals surface area (Å²) in [5.74, 6) is -0.665. The van der Waals surface area contributed by atoms with Crippen molar-refractivity contribution in [3.05, 3.63) is 45.7 Å². The molecule has 1 fully saturated rings. The summed E-state index contributed by atoms with van der Waals surface area (Å²) in [4.78, 5) is 42.1. The number of hydrogen-bond acceptors (Lipinski definition) is 4. The number of pyridine rings is 1. The van der Waals surface area contributed by atoms with Crippen LogP contribution in [-0.2, 0) is 4.79 Å². The van der Waals surface area contributed by atoms with Crippen LogP contribution in [-0.4, -0.2) is 47.9 Å². The number of aromatic amines is 1. The average molecular weight is 393 g/mol. The van der Waals surface area contributed by atoms with E-state index in [1.54, 1.807) is 11.8 Å². The van der Waals surface area contributed by atoms with Gasteiger partial charge in [0.25, 0.3) is 11.5 Å². The molecule has 1 unspecified atom stereocenters. The molecule has 146 valence electrons. The van der Waals surface area contributed by atoms with Crippen molar-refractivity contribution in [1.29, 1.82) is 0 Å². The molecule has 0 spiro atoms. The van der Waals surface area contributed by atoms with E-state index >= 15 is 0 Å². The number of aryl methyl sites for hydroxylation is 1. The van der Waals surface area contributed by atoms with Crippen molar-refractivity contribution in [2.24, 2.45) is 11.7 Å². The quantitative estimate of drug-likeness (QED) is 0.726. The first-order chi connectivity index (χ1) is 12.5. The van der Waals surface area contributed by atoms with Crippen LogP contribution >= 0.6 is 12.4 Å². The molecule has 1 aliphatic rings. The number of nitrogens with two attached hydrogens (primary N) is 1. The zero-order chi connectivity index (χ0) is 18.7.